The van der Waals surface area contributed by atoms with Crippen LogP contribution in [0.1, 0.15) is 122 Å². The van der Waals surface area contributed by atoms with Crippen LogP contribution in [0.5, 0.6) is 0 Å². The van der Waals surface area contributed by atoms with Crippen LogP contribution in [0.3, 0.4) is 0 Å². The molecule has 0 fully saturated rings. The van der Waals surface area contributed by atoms with E-state index >= 15 is 0 Å². The Kier molecular flexibility index (Phi) is 22.2. The number of hydrogen-bond acceptors (Lipinski definition) is 3. The summed E-state index contributed by atoms with van der Waals surface area (Å²) in [6.07, 6.45) is 28.0. The van der Waals surface area contributed by atoms with Crippen LogP contribution in [0.4, 0.5) is 4.79 Å². The second-order valence-corrected chi connectivity index (χ2v) is 7.65. The molecule has 0 spiro atoms. The summed E-state index contributed by atoms with van der Waals surface area (Å²) in [4.78, 5) is 10.8. The highest BCUT2D eigenvalue weighted by molar-refractivity contribution is 5.59. The SMILES string of the molecule is CCCCCCCC/C=C\CCCCCCCCCCCCOC(=O)OC. The lowest BCUT2D eigenvalue weighted by atomic mass is 10.1. The van der Waals surface area contributed by atoms with Gasteiger partial charge in [0.15, 0.2) is 0 Å². The first-order valence-corrected chi connectivity index (χ1v) is 11.7. The van der Waals surface area contributed by atoms with Gasteiger partial charge in [0.1, 0.15) is 0 Å². The Morgan fingerprint density at radius 3 is 1.48 bits per heavy atom. The molecule has 0 aliphatic carbocycles. The third kappa shape index (κ3) is 23.0. The predicted octanol–water partition coefficient (Wildman–Crippen LogP) is 8.37. The zero-order valence-electron chi connectivity index (χ0n) is 18.3. The number of allylic oxidation sites excluding steroid dienone is 2. The molecule has 0 aromatic rings. The molecule has 0 aliphatic rings. The van der Waals surface area contributed by atoms with Gasteiger partial charge in [-0.2, -0.15) is 0 Å². The van der Waals surface area contributed by atoms with Crippen molar-refractivity contribution in [3.05, 3.63) is 12.2 Å². The lowest BCUT2D eigenvalue weighted by Crippen LogP contribution is -2.05. The minimum absolute atomic E-state index is 0.486. The summed E-state index contributed by atoms with van der Waals surface area (Å²) in [5.74, 6) is 0. The van der Waals surface area contributed by atoms with E-state index in [0.29, 0.717) is 6.61 Å². The van der Waals surface area contributed by atoms with Gasteiger partial charge in [-0.15, -0.1) is 0 Å². The number of methoxy groups -OCH3 is 1. The van der Waals surface area contributed by atoms with Crippen LogP contribution >= 0.6 is 0 Å². The monoisotopic (exact) mass is 382 g/mol. The van der Waals surface area contributed by atoms with Crippen molar-refractivity contribution in [2.24, 2.45) is 0 Å². The van der Waals surface area contributed by atoms with Gasteiger partial charge in [0.2, 0.25) is 0 Å². The fraction of sp³-hybridized carbons (Fsp3) is 0.875. The van der Waals surface area contributed by atoms with E-state index in [1.165, 1.54) is 110 Å². The average molecular weight is 383 g/mol. The summed E-state index contributed by atoms with van der Waals surface area (Å²) in [5, 5.41) is 0. The summed E-state index contributed by atoms with van der Waals surface area (Å²) in [5.41, 5.74) is 0. The van der Waals surface area contributed by atoms with Crippen LogP contribution in [0, 0.1) is 0 Å². The Hall–Kier alpha value is -0.990. The molecular weight excluding hydrogens is 336 g/mol. The van der Waals surface area contributed by atoms with Gasteiger partial charge in [0.25, 0.3) is 0 Å². The van der Waals surface area contributed by atoms with Crippen molar-refractivity contribution in [3.8, 4) is 0 Å². The summed E-state index contributed by atoms with van der Waals surface area (Å²) >= 11 is 0. The molecule has 0 aliphatic heterocycles. The van der Waals surface area contributed by atoms with E-state index in [4.69, 9.17) is 4.74 Å². The number of unbranched alkanes of at least 4 members (excludes halogenated alkanes) is 16. The smallest absolute Gasteiger partial charge is 0.438 e. The molecule has 3 nitrogen and oxygen atoms in total. The lowest BCUT2D eigenvalue weighted by molar-refractivity contribution is 0.0713. The molecule has 0 aromatic heterocycles. The highest BCUT2D eigenvalue weighted by Gasteiger charge is 1.99. The lowest BCUT2D eigenvalue weighted by Gasteiger charge is -2.03. The summed E-state index contributed by atoms with van der Waals surface area (Å²) < 4.78 is 9.29. The first kappa shape index (κ1) is 26.0. The van der Waals surface area contributed by atoms with Crippen LogP contribution in [-0.4, -0.2) is 19.9 Å². The maximum absolute atomic E-state index is 10.8. The largest absolute Gasteiger partial charge is 0.507 e. The molecule has 0 saturated carbocycles. The van der Waals surface area contributed by atoms with E-state index < -0.39 is 6.16 Å². The van der Waals surface area contributed by atoms with Crippen LogP contribution in [-0.2, 0) is 9.47 Å². The molecule has 0 aromatic carbocycles. The number of carbonyl (C=O) groups is 1. The third-order valence-corrected chi connectivity index (χ3v) is 5.04. The summed E-state index contributed by atoms with van der Waals surface area (Å²) in [7, 11) is 1.34. The quantitative estimate of drug-likeness (QED) is 0.120. The minimum Gasteiger partial charge on any atom is -0.438 e. The highest BCUT2D eigenvalue weighted by Crippen LogP contribution is 2.12. The Labute approximate surface area is 169 Å². The fourth-order valence-corrected chi connectivity index (χ4v) is 3.27. The molecule has 27 heavy (non-hydrogen) atoms. The Morgan fingerprint density at radius 2 is 1.04 bits per heavy atom. The van der Waals surface area contributed by atoms with E-state index in [9.17, 15) is 4.79 Å². The number of ether oxygens (including phenoxy) is 2. The summed E-state index contributed by atoms with van der Waals surface area (Å²) in [6, 6.07) is 0. The van der Waals surface area contributed by atoms with Crippen molar-refractivity contribution in [2.45, 2.75) is 122 Å². The molecule has 3 heteroatoms. The molecule has 0 radical (unpaired) electrons. The normalized spacial score (nSPS) is 11.2. The Morgan fingerprint density at radius 1 is 0.630 bits per heavy atom. The molecule has 0 amide bonds. The average Bonchev–Trinajstić information content (AvgIpc) is 2.68. The zero-order chi connectivity index (χ0) is 19.8. The van der Waals surface area contributed by atoms with E-state index in [1.807, 2.05) is 0 Å². The first-order chi connectivity index (χ1) is 13.3. The predicted molar refractivity (Wildman–Crippen MR) is 116 cm³/mol. The van der Waals surface area contributed by atoms with E-state index in [1.54, 1.807) is 0 Å². The van der Waals surface area contributed by atoms with E-state index in [2.05, 4.69) is 23.8 Å². The zero-order valence-corrected chi connectivity index (χ0v) is 18.3. The van der Waals surface area contributed by atoms with Gasteiger partial charge in [0.05, 0.1) is 13.7 Å². The molecule has 0 rings (SSSR count). The first-order valence-electron chi connectivity index (χ1n) is 11.7. The van der Waals surface area contributed by atoms with Crippen LogP contribution in [0.25, 0.3) is 0 Å². The van der Waals surface area contributed by atoms with Crippen LogP contribution in [0.2, 0.25) is 0 Å². The second kappa shape index (κ2) is 23.0. The number of carbonyl (C=O) groups excluding carboxylic acids is 1. The summed E-state index contributed by atoms with van der Waals surface area (Å²) in [6.45, 7) is 2.76. The van der Waals surface area contributed by atoms with Crippen molar-refractivity contribution in [2.75, 3.05) is 13.7 Å². The van der Waals surface area contributed by atoms with Gasteiger partial charge < -0.3 is 9.47 Å². The molecule has 0 heterocycles. The molecular formula is C24H46O3. The number of hydrogen-bond donors (Lipinski definition) is 0. The van der Waals surface area contributed by atoms with Gasteiger partial charge in [-0.25, -0.2) is 4.79 Å². The van der Waals surface area contributed by atoms with Crippen molar-refractivity contribution in [1.82, 2.24) is 0 Å². The molecule has 0 atom stereocenters. The van der Waals surface area contributed by atoms with E-state index in [0.717, 1.165) is 12.8 Å². The van der Waals surface area contributed by atoms with Gasteiger partial charge >= 0.3 is 6.16 Å². The standard InChI is InChI=1S/C24H46O3/c1-3-4-5-6-7-8-9-10-11-12-13-14-15-16-17-18-19-20-21-22-23-27-24(25)26-2/h10-11H,3-9,12-23H2,1-2H3/b11-10-. The minimum atomic E-state index is -0.566. The van der Waals surface area contributed by atoms with Gasteiger partial charge in [0, 0.05) is 0 Å². The maximum atomic E-state index is 10.8. The molecule has 0 bridgehead atoms. The molecule has 160 valence electrons. The van der Waals surface area contributed by atoms with Gasteiger partial charge in [-0.1, -0.05) is 103 Å². The fourth-order valence-electron chi connectivity index (χ4n) is 3.27. The molecule has 0 unspecified atom stereocenters. The van der Waals surface area contributed by atoms with Crippen LogP contribution in [0.15, 0.2) is 12.2 Å². The third-order valence-electron chi connectivity index (χ3n) is 5.04. The van der Waals surface area contributed by atoms with Crippen molar-refractivity contribution >= 4 is 6.16 Å². The molecule has 0 N–H and O–H groups in total. The van der Waals surface area contributed by atoms with Crippen molar-refractivity contribution < 1.29 is 14.3 Å². The topological polar surface area (TPSA) is 35.5 Å². The van der Waals surface area contributed by atoms with Crippen molar-refractivity contribution in [1.29, 1.82) is 0 Å². The maximum Gasteiger partial charge on any atom is 0.507 e. The van der Waals surface area contributed by atoms with Gasteiger partial charge in [-0.05, 0) is 32.1 Å². The van der Waals surface area contributed by atoms with Gasteiger partial charge in [-0.3, -0.25) is 0 Å². The molecule has 0 saturated heterocycles. The van der Waals surface area contributed by atoms with E-state index in [-0.39, 0.29) is 0 Å². The highest BCUT2D eigenvalue weighted by atomic mass is 16.7. The Balaban J connectivity index is 3.08. The van der Waals surface area contributed by atoms with Crippen LogP contribution < -0.4 is 0 Å². The Bertz CT molecular complexity index is 326. The number of rotatable bonds is 20. The second-order valence-electron chi connectivity index (χ2n) is 7.65. The van der Waals surface area contributed by atoms with Crippen molar-refractivity contribution in [3.63, 3.8) is 0 Å².